The van der Waals surface area contributed by atoms with Crippen LogP contribution in [0.4, 0.5) is 5.82 Å². The summed E-state index contributed by atoms with van der Waals surface area (Å²) in [6, 6.07) is 1.14. The van der Waals surface area contributed by atoms with Crippen LogP contribution < -0.4 is 5.32 Å². The Morgan fingerprint density at radius 2 is 1.94 bits per heavy atom. The van der Waals surface area contributed by atoms with E-state index in [0.717, 1.165) is 22.5 Å². The minimum absolute atomic E-state index is 0.571. The molecule has 1 aromatic rings. The van der Waals surface area contributed by atoms with Crippen molar-refractivity contribution in [2.24, 2.45) is 0 Å². The van der Waals surface area contributed by atoms with Crippen molar-refractivity contribution in [2.75, 3.05) is 18.4 Å². The van der Waals surface area contributed by atoms with Crippen molar-refractivity contribution in [3.63, 3.8) is 0 Å². The van der Waals surface area contributed by atoms with Crippen molar-refractivity contribution in [2.45, 2.75) is 39.8 Å². The van der Waals surface area contributed by atoms with Gasteiger partial charge in [-0.1, -0.05) is 0 Å². The van der Waals surface area contributed by atoms with E-state index in [-0.39, 0.29) is 0 Å². The summed E-state index contributed by atoms with van der Waals surface area (Å²) >= 11 is 2.24. The molecule has 0 aliphatic rings. The number of aromatic nitrogens is 2. The number of hydrogen-bond donors (Lipinski definition) is 1. The third kappa shape index (κ3) is 4.75. The summed E-state index contributed by atoms with van der Waals surface area (Å²) in [5.74, 6) is 0.924. The van der Waals surface area contributed by atoms with Gasteiger partial charge >= 0.3 is 0 Å². The minimum atomic E-state index is 0.571. The van der Waals surface area contributed by atoms with E-state index in [2.05, 4.69) is 70.5 Å². The molecule has 17 heavy (non-hydrogen) atoms. The van der Waals surface area contributed by atoms with Crippen LogP contribution in [0, 0.1) is 3.57 Å². The zero-order valence-electron chi connectivity index (χ0n) is 10.9. The van der Waals surface area contributed by atoms with Gasteiger partial charge in [0.2, 0.25) is 0 Å². The number of rotatable bonds is 6. The molecule has 1 rings (SSSR count). The molecule has 0 saturated heterocycles. The van der Waals surface area contributed by atoms with Crippen molar-refractivity contribution in [1.29, 1.82) is 0 Å². The lowest BCUT2D eigenvalue weighted by atomic mass is 10.2. The molecular weight excluding hydrogens is 327 g/mol. The molecule has 0 saturated carbocycles. The number of nitrogens with one attached hydrogen (secondary N) is 1. The summed E-state index contributed by atoms with van der Waals surface area (Å²) in [5, 5.41) is 3.35. The first-order valence-corrected chi connectivity index (χ1v) is 7.05. The monoisotopic (exact) mass is 348 g/mol. The molecule has 0 amide bonds. The van der Waals surface area contributed by atoms with Gasteiger partial charge in [-0.15, -0.1) is 0 Å². The number of nitrogens with zero attached hydrogens (tertiary/aromatic N) is 3. The SMILES string of the molecule is CC(C)N(CCNc1ncncc1I)C(C)C. The van der Waals surface area contributed by atoms with Crippen molar-refractivity contribution in [1.82, 2.24) is 14.9 Å². The smallest absolute Gasteiger partial charge is 0.142 e. The molecule has 0 fully saturated rings. The van der Waals surface area contributed by atoms with E-state index in [1.165, 1.54) is 0 Å². The molecule has 1 N–H and O–H groups in total. The Hall–Kier alpha value is -0.430. The lowest BCUT2D eigenvalue weighted by molar-refractivity contribution is 0.182. The highest BCUT2D eigenvalue weighted by Gasteiger charge is 2.12. The molecule has 5 heteroatoms. The molecule has 0 atom stereocenters. The van der Waals surface area contributed by atoms with Crippen LogP contribution in [0.2, 0.25) is 0 Å². The Balaban J connectivity index is 2.44. The van der Waals surface area contributed by atoms with Gasteiger partial charge in [0.1, 0.15) is 12.1 Å². The second-order valence-electron chi connectivity index (χ2n) is 4.57. The van der Waals surface area contributed by atoms with E-state index in [4.69, 9.17) is 0 Å². The maximum atomic E-state index is 4.22. The molecular formula is C12H21IN4. The highest BCUT2D eigenvalue weighted by Crippen LogP contribution is 2.12. The van der Waals surface area contributed by atoms with Crippen molar-refractivity contribution in [3.8, 4) is 0 Å². The van der Waals surface area contributed by atoms with Crippen LogP contribution in [0.5, 0.6) is 0 Å². The van der Waals surface area contributed by atoms with E-state index in [9.17, 15) is 0 Å². The molecule has 1 heterocycles. The van der Waals surface area contributed by atoms with Crippen molar-refractivity contribution < 1.29 is 0 Å². The third-order valence-corrected chi connectivity index (χ3v) is 3.45. The molecule has 1 aromatic heterocycles. The van der Waals surface area contributed by atoms with Gasteiger partial charge < -0.3 is 5.32 Å². The maximum absolute atomic E-state index is 4.22. The number of hydrogen-bond acceptors (Lipinski definition) is 4. The van der Waals surface area contributed by atoms with Crippen LogP contribution in [0.1, 0.15) is 27.7 Å². The summed E-state index contributed by atoms with van der Waals surface area (Å²) in [4.78, 5) is 10.7. The van der Waals surface area contributed by atoms with E-state index >= 15 is 0 Å². The van der Waals surface area contributed by atoms with Crippen LogP contribution in [0.15, 0.2) is 12.5 Å². The summed E-state index contributed by atoms with van der Waals surface area (Å²) in [6.07, 6.45) is 3.39. The number of anilines is 1. The van der Waals surface area contributed by atoms with Gasteiger partial charge in [0.15, 0.2) is 0 Å². The highest BCUT2D eigenvalue weighted by molar-refractivity contribution is 14.1. The quantitative estimate of drug-likeness (QED) is 0.803. The van der Waals surface area contributed by atoms with Gasteiger partial charge in [0.25, 0.3) is 0 Å². The third-order valence-electron chi connectivity index (χ3n) is 2.66. The normalized spacial score (nSPS) is 11.5. The maximum Gasteiger partial charge on any atom is 0.142 e. The summed E-state index contributed by atoms with van der Waals surface area (Å²) in [5.41, 5.74) is 0. The van der Waals surface area contributed by atoms with Crippen molar-refractivity contribution in [3.05, 3.63) is 16.1 Å². The first-order valence-electron chi connectivity index (χ1n) is 5.97. The molecule has 0 unspecified atom stereocenters. The summed E-state index contributed by atoms with van der Waals surface area (Å²) in [6.45, 7) is 10.9. The predicted octanol–water partition coefficient (Wildman–Crippen LogP) is 2.61. The summed E-state index contributed by atoms with van der Waals surface area (Å²) < 4.78 is 1.06. The van der Waals surface area contributed by atoms with Gasteiger partial charge in [-0.25, -0.2) is 9.97 Å². The Labute approximate surface area is 117 Å². The van der Waals surface area contributed by atoms with Crippen LogP contribution >= 0.6 is 22.6 Å². The lowest BCUT2D eigenvalue weighted by Crippen LogP contribution is -2.40. The fraction of sp³-hybridized carbons (Fsp3) is 0.667. The second-order valence-corrected chi connectivity index (χ2v) is 5.73. The molecule has 0 aromatic carbocycles. The van der Waals surface area contributed by atoms with Gasteiger partial charge in [-0.05, 0) is 50.3 Å². The molecule has 96 valence electrons. The van der Waals surface area contributed by atoms with E-state index in [1.54, 1.807) is 6.33 Å². The van der Waals surface area contributed by atoms with Gasteiger partial charge in [-0.3, -0.25) is 4.90 Å². The Morgan fingerprint density at radius 1 is 1.29 bits per heavy atom. The van der Waals surface area contributed by atoms with Gasteiger partial charge in [-0.2, -0.15) is 0 Å². The lowest BCUT2D eigenvalue weighted by Gasteiger charge is -2.30. The first kappa shape index (κ1) is 14.6. The largest absolute Gasteiger partial charge is 0.368 e. The molecule has 0 aliphatic heterocycles. The number of halogens is 1. The average molecular weight is 348 g/mol. The Kier molecular flexibility index (Phi) is 6.11. The van der Waals surface area contributed by atoms with Crippen molar-refractivity contribution >= 4 is 28.4 Å². The molecule has 4 nitrogen and oxygen atoms in total. The van der Waals surface area contributed by atoms with Gasteiger partial charge in [0, 0.05) is 31.4 Å². The van der Waals surface area contributed by atoms with E-state index in [1.807, 2.05) is 6.20 Å². The molecule has 0 aliphatic carbocycles. The fourth-order valence-electron chi connectivity index (χ4n) is 1.86. The van der Waals surface area contributed by atoms with Crippen LogP contribution in [-0.4, -0.2) is 40.0 Å². The molecule has 0 spiro atoms. The fourth-order valence-corrected chi connectivity index (χ4v) is 2.35. The zero-order chi connectivity index (χ0) is 12.8. The molecule has 0 bridgehead atoms. The van der Waals surface area contributed by atoms with Gasteiger partial charge in [0.05, 0.1) is 3.57 Å². The van der Waals surface area contributed by atoms with E-state index in [0.29, 0.717) is 12.1 Å². The highest BCUT2D eigenvalue weighted by atomic mass is 127. The second kappa shape index (κ2) is 7.10. The summed E-state index contributed by atoms with van der Waals surface area (Å²) in [7, 11) is 0. The molecule has 0 radical (unpaired) electrons. The zero-order valence-corrected chi connectivity index (χ0v) is 13.1. The standard InChI is InChI=1S/C12H21IN4/c1-9(2)17(10(3)4)6-5-15-12-11(13)7-14-8-16-12/h7-10H,5-6H2,1-4H3,(H,14,15,16). The average Bonchev–Trinajstić information content (AvgIpc) is 2.25. The first-order chi connectivity index (χ1) is 8.02. The van der Waals surface area contributed by atoms with Crippen LogP contribution in [-0.2, 0) is 0 Å². The topological polar surface area (TPSA) is 41.0 Å². The van der Waals surface area contributed by atoms with Crippen LogP contribution in [0.3, 0.4) is 0 Å². The Bertz CT molecular complexity index is 333. The van der Waals surface area contributed by atoms with Crippen LogP contribution in [0.25, 0.3) is 0 Å². The predicted molar refractivity (Wildman–Crippen MR) is 80.2 cm³/mol. The van der Waals surface area contributed by atoms with E-state index < -0.39 is 0 Å². The Morgan fingerprint density at radius 3 is 2.47 bits per heavy atom. The minimum Gasteiger partial charge on any atom is -0.368 e.